The summed E-state index contributed by atoms with van der Waals surface area (Å²) in [6.07, 6.45) is 7.22. The molecule has 0 amide bonds. The first-order chi connectivity index (χ1) is 5.95. The first-order valence-electron chi connectivity index (χ1n) is 4.26. The maximum Gasteiger partial charge on any atom is 0.0912 e. The molecule has 2 heteroatoms. The standard InChI is InChI=1S/C11H16N2/c1-11(2,3)9-10(13)7-5-4-6-8-12/h4-7,13H,9H2,1-3H3/b6-4+,7-5-,13-10?. The topological polar surface area (TPSA) is 47.6 Å². The highest BCUT2D eigenvalue weighted by Crippen LogP contribution is 2.18. The van der Waals surface area contributed by atoms with Gasteiger partial charge in [0.1, 0.15) is 0 Å². The number of hydrogen-bond acceptors (Lipinski definition) is 2. The first kappa shape index (κ1) is 11.6. The lowest BCUT2D eigenvalue weighted by Gasteiger charge is -2.16. The van der Waals surface area contributed by atoms with Crippen molar-refractivity contribution >= 4 is 5.71 Å². The zero-order valence-electron chi connectivity index (χ0n) is 8.46. The molecule has 0 aromatic carbocycles. The van der Waals surface area contributed by atoms with Crippen molar-refractivity contribution in [2.24, 2.45) is 5.41 Å². The highest BCUT2D eigenvalue weighted by Gasteiger charge is 2.10. The summed E-state index contributed by atoms with van der Waals surface area (Å²) in [5.74, 6) is 0. The summed E-state index contributed by atoms with van der Waals surface area (Å²) in [6.45, 7) is 6.29. The van der Waals surface area contributed by atoms with E-state index in [0.29, 0.717) is 5.71 Å². The van der Waals surface area contributed by atoms with Crippen LogP contribution in [0.1, 0.15) is 27.2 Å². The van der Waals surface area contributed by atoms with E-state index in [2.05, 4.69) is 20.8 Å². The molecule has 0 radical (unpaired) electrons. The monoisotopic (exact) mass is 176 g/mol. The fourth-order valence-electron chi connectivity index (χ4n) is 0.901. The summed E-state index contributed by atoms with van der Waals surface area (Å²) in [7, 11) is 0. The minimum atomic E-state index is 0.153. The largest absolute Gasteiger partial charge is 0.305 e. The molecule has 0 rings (SSSR count). The second kappa shape index (κ2) is 5.31. The van der Waals surface area contributed by atoms with Crippen molar-refractivity contribution in [2.75, 3.05) is 0 Å². The molecular formula is C11H16N2. The lowest BCUT2D eigenvalue weighted by Crippen LogP contribution is -2.10. The Hall–Kier alpha value is -1.36. The molecule has 0 fully saturated rings. The van der Waals surface area contributed by atoms with Crippen LogP contribution in [0.25, 0.3) is 0 Å². The molecule has 0 spiro atoms. The number of nitrogens with one attached hydrogen (secondary N) is 1. The summed E-state index contributed by atoms with van der Waals surface area (Å²) < 4.78 is 0. The van der Waals surface area contributed by atoms with Gasteiger partial charge in [0, 0.05) is 11.8 Å². The van der Waals surface area contributed by atoms with Crippen LogP contribution in [0.4, 0.5) is 0 Å². The van der Waals surface area contributed by atoms with Gasteiger partial charge in [-0.15, -0.1) is 0 Å². The van der Waals surface area contributed by atoms with Crippen LogP contribution in [-0.4, -0.2) is 5.71 Å². The maximum absolute atomic E-state index is 8.19. The van der Waals surface area contributed by atoms with Gasteiger partial charge >= 0.3 is 0 Å². The van der Waals surface area contributed by atoms with Crippen molar-refractivity contribution in [1.29, 1.82) is 10.7 Å². The average Bonchev–Trinajstić information content (AvgIpc) is 1.94. The van der Waals surface area contributed by atoms with Gasteiger partial charge in [-0.05, 0) is 17.9 Å². The van der Waals surface area contributed by atoms with Crippen molar-refractivity contribution in [3.63, 3.8) is 0 Å². The molecule has 0 aliphatic heterocycles. The molecule has 0 aromatic heterocycles. The van der Waals surface area contributed by atoms with Crippen LogP contribution in [0.5, 0.6) is 0 Å². The first-order valence-corrected chi connectivity index (χ1v) is 4.26. The average molecular weight is 176 g/mol. The zero-order chi connectivity index (χ0) is 10.3. The minimum Gasteiger partial charge on any atom is -0.305 e. The van der Waals surface area contributed by atoms with E-state index >= 15 is 0 Å². The molecule has 2 nitrogen and oxygen atoms in total. The third-order valence-corrected chi connectivity index (χ3v) is 1.30. The number of nitriles is 1. The SMILES string of the molecule is CC(C)(C)CC(=N)/C=C\C=C\C#N. The third kappa shape index (κ3) is 8.55. The van der Waals surface area contributed by atoms with E-state index in [1.807, 2.05) is 6.07 Å². The van der Waals surface area contributed by atoms with Gasteiger partial charge < -0.3 is 5.41 Å². The molecule has 0 heterocycles. The third-order valence-electron chi connectivity index (χ3n) is 1.30. The quantitative estimate of drug-likeness (QED) is 0.401. The highest BCUT2D eigenvalue weighted by molar-refractivity contribution is 5.92. The molecule has 0 unspecified atom stereocenters. The Morgan fingerprint density at radius 1 is 1.38 bits per heavy atom. The number of allylic oxidation sites excluding steroid dienone is 4. The molecule has 0 aliphatic rings. The zero-order valence-corrected chi connectivity index (χ0v) is 8.46. The Bertz CT molecular complexity index is 259. The predicted octanol–water partition coefficient (Wildman–Crippen LogP) is 3.08. The molecular weight excluding hydrogens is 160 g/mol. The van der Waals surface area contributed by atoms with Crippen LogP contribution in [0, 0.1) is 22.2 Å². The Kier molecular flexibility index (Phi) is 4.76. The van der Waals surface area contributed by atoms with Crippen LogP contribution in [0.15, 0.2) is 24.3 Å². The number of hydrogen-bond donors (Lipinski definition) is 1. The van der Waals surface area contributed by atoms with Crippen LogP contribution in [0.3, 0.4) is 0 Å². The van der Waals surface area contributed by atoms with Crippen molar-refractivity contribution in [2.45, 2.75) is 27.2 Å². The normalized spacial score (nSPS) is 12.2. The van der Waals surface area contributed by atoms with Crippen LogP contribution in [-0.2, 0) is 0 Å². The molecule has 0 bridgehead atoms. The van der Waals surface area contributed by atoms with Gasteiger partial charge in [-0.1, -0.05) is 32.9 Å². The fourth-order valence-corrected chi connectivity index (χ4v) is 0.901. The number of nitrogens with zero attached hydrogens (tertiary/aromatic N) is 1. The van der Waals surface area contributed by atoms with Gasteiger partial charge in [-0.25, -0.2) is 0 Å². The fraction of sp³-hybridized carbons (Fsp3) is 0.455. The smallest absolute Gasteiger partial charge is 0.0912 e. The van der Waals surface area contributed by atoms with Crippen molar-refractivity contribution in [3.05, 3.63) is 24.3 Å². The van der Waals surface area contributed by atoms with E-state index in [1.165, 1.54) is 6.08 Å². The van der Waals surface area contributed by atoms with Crippen LogP contribution < -0.4 is 0 Å². The molecule has 0 aromatic rings. The van der Waals surface area contributed by atoms with Gasteiger partial charge in [0.25, 0.3) is 0 Å². The molecule has 0 atom stereocenters. The summed E-state index contributed by atoms with van der Waals surface area (Å²) >= 11 is 0. The summed E-state index contributed by atoms with van der Waals surface area (Å²) in [5.41, 5.74) is 0.746. The second-order valence-electron chi connectivity index (χ2n) is 4.11. The lowest BCUT2D eigenvalue weighted by molar-refractivity contribution is 0.434. The second-order valence-corrected chi connectivity index (χ2v) is 4.11. The van der Waals surface area contributed by atoms with Gasteiger partial charge in [0.05, 0.1) is 6.07 Å². The molecule has 70 valence electrons. The van der Waals surface area contributed by atoms with E-state index in [9.17, 15) is 0 Å². The van der Waals surface area contributed by atoms with Gasteiger partial charge in [0.15, 0.2) is 0 Å². The van der Waals surface area contributed by atoms with Gasteiger partial charge in [-0.3, -0.25) is 0 Å². The van der Waals surface area contributed by atoms with E-state index in [1.54, 1.807) is 18.2 Å². The maximum atomic E-state index is 8.19. The number of rotatable bonds is 3. The Morgan fingerprint density at radius 2 is 2.00 bits per heavy atom. The van der Waals surface area contributed by atoms with Crippen LogP contribution >= 0.6 is 0 Å². The predicted molar refractivity (Wildman–Crippen MR) is 55.7 cm³/mol. The van der Waals surface area contributed by atoms with Crippen molar-refractivity contribution < 1.29 is 0 Å². The minimum absolute atomic E-state index is 0.153. The van der Waals surface area contributed by atoms with Crippen molar-refractivity contribution in [1.82, 2.24) is 0 Å². The van der Waals surface area contributed by atoms with E-state index < -0.39 is 0 Å². The van der Waals surface area contributed by atoms with Gasteiger partial charge in [-0.2, -0.15) is 5.26 Å². The molecule has 13 heavy (non-hydrogen) atoms. The summed E-state index contributed by atoms with van der Waals surface area (Å²) in [5, 5.41) is 15.8. The van der Waals surface area contributed by atoms with Crippen LogP contribution in [0.2, 0.25) is 0 Å². The molecule has 0 saturated carbocycles. The van der Waals surface area contributed by atoms with E-state index in [-0.39, 0.29) is 5.41 Å². The van der Waals surface area contributed by atoms with Crippen molar-refractivity contribution in [3.8, 4) is 6.07 Å². The molecule has 0 saturated heterocycles. The Balaban J connectivity index is 3.97. The Morgan fingerprint density at radius 3 is 2.46 bits per heavy atom. The molecule has 0 aliphatic carbocycles. The highest BCUT2D eigenvalue weighted by atomic mass is 14.4. The van der Waals surface area contributed by atoms with E-state index in [0.717, 1.165) is 6.42 Å². The molecule has 1 N–H and O–H groups in total. The lowest BCUT2D eigenvalue weighted by atomic mass is 9.89. The summed E-state index contributed by atoms with van der Waals surface area (Å²) in [4.78, 5) is 0. The van der Waals surface area contributed by atoms with Gasteiger partial charge in [0.2, 0.25) is 0 Å². The van der Waals surface area contributed by atoms with E-state index in [4.69, 9.17) is 10.7 Å². The summed E-state index contributed by atoms with van der Waals surface area (Å²) in [6, 6.07) is 1.89. The Labute approximate surface area is 80.1 Å².